The van der Waals surface area contributed by atoms with Gasteiger partial charge in [-0.2, -0.15) is 0 Å². The van der Waals surface area contributed by atoms with E-state index in [1.807, 2.05) is 20.8 Å². The van der Waals surface area contributed by atoms with Crippen LogP contribution in [-0.2, 0) is 9.16 Å². The van der Waals surface area contributed by atoms with E-state index in [0.717, 1.165) is 12.8 Å². The van der Waals surface area contributed by atoms with Gasteiger partial charge >= 0.3 is 6.09 Å². The molecule has 1 amide bonds. The molecule has 0 unspecified atom stereocenters. The van der Waals surface area contributed by atoms with Gasteiger partial charge in [0.05, 0.1) is 11.8 Å². The first-order valence-electron chi connectivity index (χ1n) is 6.87. The summed E-state index contributed by atoms with van der Waals surface area (Å²) < 4.78 is 11.4. The van der Waals surface area contributed by atoms with E-state index in [1.54, 1.807) is 4.90 Å². The van der Waals surface area contributed by atoms with Gasteiger partial charge in [0.15, 0.2) is 0 Å². The molecule has 1 heterocycles. The molecule has 1 atom stereocenters. The Morgan fingerprint density at radius 1 is 1.32 bits per heavy atom. The van der Waals surface area contributed by atoms with E-state index in [1.165, 1.54) is 0 Å². The number of ether oxygens (including phenoxy) is 1. The fourth-order valence-corrected chi connectivity index (χ4v) is 3.02. The summed E-state index contributed by atoms with van der Waals surface area (Å²) in [6.07, 6.45) is 1.61. The number of rotatable bonds is 3. The predicted octanol–water partition coefficient (Wildman–Crippen LogP) is 3.75. The fourth-order valence-electron chi connectivity index (χ4n) is 2.10. The lowest BCUT2D eigenvalue weighted by molar-refractivity contribution is 0.0226. The van der Waals surface area contributed by atoms with E-state index in [0.29, 0.717) is 12.3 Å². The SMILES string of the molecule is C=C(O[Si](C)(C)C)[C@@H]1CCCN1C(=O)OC(C)(C)C. The average molecular weight is 285 g/mol. The third kappa shape index (κ3) is 5.26. The van der Waals surface area contributed by atoms with Gasteiger partial charge in [-0.3, -0.25) is 4.90 Å². The first kappa shape index (κ1) is 16.1. The Morgan fingerprint density at radius 2 is 1.89 bits per heavy atom. The van der Waals surface area contributed by atoms with Crippen molar-refractivity contribution >= 4 is 14.4 Å². The maximum absolute atomic E-state index is 12.2. The molecule has 0 aromatic rings. The Labute approximate surface area is 117 Å². The van der Waals surface area contributed by atoms with Crippen LogP contribution in [0.2, 0.25) is 19.6 Å². The second-order valence-electron chi connectivity index (χ2n) is 7.01. The molecule has 0 spiro atoms. The number of carbonyl (C=O) groups excluding carboxylic acids is 1. The normalized spacial score (nSPS) is 20.3. The van der Waals surface area contributed by atoms with Crippen LogP contribution < -0.4 is 0 Å². The van der Waals surface area contributed by atoms with E-state index in [4.69, 9.17) is 9.16 Å². The predicted molar refractivity (Wildman–Crippen MR) is 79.5 cm³/mol. The van der Waals surface area contributed by atoms with Crippen molar-refractivity contribution in [1.29, 1.82) is 0 Å². The smallest absolute Gasteiger partial charge is 0.410 e. The Balaban J connectivity index is 2.69. The van der Waals surface area contributed by atoms with E-state index < -0.39 is 13.9 Å². The molecule has 5 heteroatoms. The largest absolute Gasteiger partial charge is 0.546 e. The molecule has 110 valence electrons. The average Bonchev–Trinajstić information content (AvgIpc) is 2.59. The van der Waals surface area contributed by atoms with Crippen LogP contribution >= 0.6 is 0 Å². The van der Waals surface area contributed by atoms with E-state index in [9.17, 15) is 4.79 Å². The minimum absolute atomic E-state index is 0.0402. The first-order chi connectivity index (χ1) is 8.49. The standard InChI is InChI=1S/C14H27NO3Si/c1-11(18-19(5,6)7)12-9-8-10-15(12)13(16)17-14(2,3)4/h12H,1,8-10H2,2-7H3/t12-/m0/s1. The molecule has 0 radical (unpaired) electrons. The van der Waals surface area contributed by atoms with Crippen LogP contribution in [0.5, 0.6) is 0 Å². The van der Waals surface area contributed by atoms with Crippen molar-refractivity contribution < 1.29 is 14.0 Å². The van der Waals surface area contributed by atoms with Crippen molar-refractivity contribution in [3.05, 3.63) is 12.3 Å². The highest BCUT2D eigenvalue weighted by Crippen LogP contribution is 2.27. The molecule has 0 aromatic carbocycles. The van der Waals surface area contributed by atoms with Gasteiger partial charge in [0, 0.05) is 6.54 Å². The Hall–Kier alpha value is -0.973. The second-order valence-corrected chi connectivity index (χ2v) is 11.4. The van der Waals surface area contributed by atoms with Crippen molar-refractivity contribution in [3.63, 3.8) is 0 Å². The van der Waals surface area contributed by atoms with Gasteiger partial charge in [0.2, 0.25) is 8.32 Å². The quantitative estimate of drug-likeness (QED) is 0.585. The molecule has 1 rings (SSSR count). The molecular formula is C14H27NO3Si. The lowest BCUT2D eigenvalue weighted by Gasteiger charge is -2.32. The summed E-state index contributed by atoms with van der Waals surface area (Å²) in [5.74, 6) is 0.711. The molecule has 1 saturated heterocycles. The highest BCUT2D eigenvalue weighted by molar-refractivity contribution is 6.70. The number of hydrogen-bond acceptors (Lipinski definition) is 3. The Kier molecular flexibility index (Phi) is 4.71. The second kappa shape index (κ2) is 5.57. The summed E-state index contributed by atoms with van der Waals surface area (Å²) in [6.45, 7) is 16.7. The highest BCUT2D eigenvalue weighted by Gasteiger charge is 2.35. The van der Waals surface area contributed by atoms with Gasteiger partial charge in [-0.05, 0) is 53.3 Å². The number of carbonyl (C=O) groups is 1. The molecule has 0 aromatic heterocycles. The van der Waals surface area contributed by atoms with Crippen LogP contribution in [0, 0.1) is 0 Å². The third-order valence-electron chi connectivity index (χ3n) is 2.69. The van der Waals surface area contributed by atoms with Gasteiger partial charge in [-0.25, -0.2) is 4.79 Å². The molecule has 1 aliphatic rings. The van der Waals surface area contributed by atoms with Crippen molar-refractivity contribution in [2.24, 2.45) is 0 Å². The van der Waals surface area contributed by atoms with Crippen LogP contribution in [-0.4, -0.2) is 37.5 Å². The van der Waals surface area contributed by atoms with Crippen LogP contribution in [0.4, 0.5) is 4.79 Å². The monoisotopic (exact) mass is 285 g/mol. The molecule has 0 aliphatic carbocycles. The summed E-state index contributed by atoms with van der Waals surface area (Å²) >= 11 is 0. The summed E-state index contributed by atoms with van der Waals surface area (Å²) in [5.41, 5.74) is -0.467. The van der Waals surface area contributed by atoms with Gasteiger partial charge in [0.1, 0.15) is 5.60 Å². The highest BCUT2D eigenvalue weighted by atomic mass is 28.4. The topological polar surface area (TPSA) is 38.8 Å². The molecule has 0 N–H and O–H groups in total. The molecule has 1 aliphatic heterocycles. The summed E-state index contributed by atoms with van der Waals surface area (Å²) in [4.78, 5) is 13.9. The fraction of sp³-hybridized carbons (Fsp3) is 0.786. The Bertz CT molecular complexity index is 321. The van der Waals surface area contributed by atoms with E-state index >= 15 is 0 Å². The van der Waals surface area contributed by atoms with Crippen molar-refractivity contribution in [1.82, 2.24) is 4.90 Å². The zero-order chi connectivity index (χ0) is 14.8. The molecule has 1 fully saturated rings. The maximum atomic E-state index is 12.2. The van der Waals surface area contributed by atoms with Crippen LogP contribution in [0.15, 0.2) is 12.3 Å². The van der Waals surface area contributed by atoms with Gasteiger partial charge < -0.3 is 9.16 Å². The molecule has 4 nitrogen and oxygen atoms in total. The molecular weight excluding hydrogens is 258 g/mol. The van der Waals surface area contributed by atoms with E-state index in [2.05, 4.69) is 26.2 Å². The molecule has 0 bridgehead atoms. The number of amides is 1. The summed E-state index contributed by atoms with van der Waals surface area (Å²) in [7, 11) is -1.68. The van der Waals surface area contributed by atoms with Gasteiger partial charge in [0.25, 0.3) is 0 Å². The van der Waals surface area contributed by atoms with Gasteiger partial charge in [-0.15, -0.1) is 0 Å². The van der Waals surface area contributed by atoms with Gasteiger partial charge in [-0.1, -0.05) is 6.58 Å². The Morgan fingerprint density at radius 3 is 2.37 bits per heavy atom. The first-order valence-corrected chi connectivity index (χ1v) is 10.3. The zero-order valence-electron chi connectivity index (χ0n) is 13.1. The minimum atomic E-state index is -1.68. The zero-order valence-corrected chi connectivity index (χ0v) is 14.1. The minimum Gasteiger partial charge on any atom is -0.546 e. The lowest BCUT2D eigenvalue weighted by atomic mass is 10.2. The number of hydrogen-bond donors (Lipinski definition) is 0. The lowest BCUT2D eigenvalue weighted by Crippen LogP contribution is -2.42. The summed E-state index contributed by atoms with van der Waals surface area (Å²) in [5, 5.41) is 0. The van der Waals surface area contributed by atoms with Crippen molar-refractivity contribution in [2.75, 3.05) is 6.54 Å². The summed E-state index contributed by atoms with van der Waals surface area (Å²) in [6, 6.07) is -0.0402. The van der Waals surface area contributed by atoms with Crippen LogP contribution in [0.1, 0.15) is 33.6 Å². The van der Waals surface area contributed by atoms with Crippen molar-refractivity contribution in [3.8, 4) is 0 Å². The molecule has 19 heavy (non-hydrogen) atoms. The number of likely N-dealkylation sites (tertiary alicyclic amines) is 1. The number of nitrogens with zero attached hydrogens (tertiary/aromatic N) is 1. The maximum Gasteiger partial charge on any atom is 0.410 e. The van der Waals surface area contributed by atoms with Crippen LogP contribution in [0.3, 0.4) is 0 Å². The van der Waals surface area contributed by atoms with E-state index in [-0.39, 0.29) is 12.1 Å². The molecule has 0 saturated carbocycles. The third-order valence-corrected chi connectivity index (χ3v) is 3.56. The van der Waals surface area contributed by atoms with Crippen LogP contribution in [0.25, 0.3) is 0 Å². The van der Waals surface area contributed by atoms with Crippen molar-refractivity contribution in [2.45, 2.75) is 64.9 Å².